The number of carbonyl (C=O) groups excluding carboxylic acids is 1. The molecule has 0 radical (unpaired) electrons. The SMILES string of the molecule is O=C(NCc1ccon1)c1ccc(CBr)cc1. The van der Waals surface area contributed by atoms with Crippen molar-refractivity contribution in [2.75, 3.05) is 0 Å². The summed E-state index contributed by atoms with van der Waals surface area (Å²) in [5.41, 5.74) is 2.48. The van der Waals surface area contributed by atoms with Crippen LogP contribution in [0.25, 0.3) is 0 Å². The third-order valence-electron chi connectivity index (χ3n) is 2.29. The maximum absolute atomic E-state index is 11.8. The van der Waals surface area contributed by atoms with Crippen molar-refractivity contribution in [2.45, 2.75) is 11.9 Å². The monoisotopic (exact) mass is 294 g/mol. The molecule has 88 valence electrons. The van der Waals surface area contributed by atoms with E-state index in [1.165, 1.54) is 6.26 Å². The molecule has 0 saturated heterocycles. The van der Waals surface area contributed by atoms with Gasteiger partial charge in [-0.15, -0.1) is 0 Å². The molecular formula is C12H11BrN2O2. The molecule has 0 aliphatic rings. The summed E-state index contributed by atoms with van der Waals surface area (Å²) in [5, 5.41) is 7.26. The summed E-state index contributed by atoms with van der Waals surface area (Å²) in [7, 11) is 0. The van der Waals surface area contributed by atoms with Crippen LogP contribution in [0.3, 0.4) is 0 Å². The summed E-state index contributed by atoms with van der Waals surface area (Å²) in [5.74, 6) is -0.117. The molecule has 0 fully saturated rings. The number of nitrogens with one attached hydrogen (secondary N) is 1. The average molecular weight is 295 g/mol. The Kier molecular flexibility index (Phi) is 3.93. The first kappa shape index (κ1) is 11.9. The maximum Gasteiger partial charge on any atom is 0.251 e. The Bertz CT molecular complexity index is 480. The second-order valence-corrected chi connectivity index (χ2v) is 4.06. The van der Waals surface area contributed by atoms with Gasteiger partial charge in [0.1, 0.15) is 12.0 Å². The summed E-state index contributed by atoms with van der Waals surface area (Å²) >= 11 is 3.36. The molecule has 1 aromatic heterocycles. The molecule has 17 heavy (non-hydrogen) atoms. The number of aromatic nitrogens is 1. The van der Waals surface area contributed by atoms with Crippen molar-refractivity contribution < 1.29 is 9.32 Å². The Labute approximate surface area is 107 Å². The number of benzene rings is 1. The third kappa shape index (κ3) is 3.17. The summed E-state index contributed by atoms with van der Waals surface area (Å²) in [6, 6.07) is 9.15. The largest absolute Gasteiger partial charge is 0.364 e. The summed E-state index contributed by atoms with van der Waals surface area (Å²) in [6.45, 7) is 0.371. The van der Waals surface area contributed by atoms with Crippen LogP contribution in [-0.4, -0.2) is 11.1 Å². The average Bonchev–Trinajstić information content (AvgIpc) is 2.89. The van der Waals surface area contributed by atoms with Gasteiger partial charge in [0.25, 0.3) is 5.91 Å². The van der Waals surface area contributed by atoms with Crippen molar-refractivity contribution in [3.8, 4) is 0 Å². The normalized spacial score (nSPS) is 10.2. The first-order chi connectivity index (χ1) is 8.29. The number of hydrogen-bond donors (Lipinski definition) is 1. The van der Waals surface area contributed by atoms with Crippen molar-refractivity contribution in [3.63, 3.8) is 0 Å². The van der Waals surface area contributed by atoms with E-state index < -0.39 is 0 Å². The first-order valence-electron chi connectivity index (χ1n) is 5.12. The van der Waals surface area contributed by atoms with E-state index in [2.05, 4.69) is 30.9 Å². The van der Waals surface area contributed by atoms with Crippen LogP contribution in [0.2, 0.25) is 0 Å². The van der Waals surface area contributed by atoms with E-state index in [4.69, 9.17) is 0 Å². The van der Waals surface area contributed by atoms with Crippen LogP contribution in [-0.2, 0) is 11.9 Å². The summed E-state index contributed by atoms with van der Waals surface area (Å²) < 4.78 is 4.68. The summed E-state index contributed by atoms with van der Waals surface area (Å²) in [4.78, 5) is 11.8. The van der Waals surface area contributed by atoms with Gasteiger partial charge in [-0.1, -0.05) is 33.2 Å². The predicted molar refractivity (Wildman–Crippen MR) is 66.7 cm³/mol. The molecule has 5 heteroatoms. The molecule has 0 saturated carbocycles. The standard InChI is InChI=1S/C12H11BrN2O2/c13-7-9-1-3-10(4-2-9)12(16)14-8-11-5-6-17-15-11/h1-6H,7-8H2,(H,14,16). The quantitative estimate of drug-likeness (QED) is 0.882. The van der Waals surface area contributed by atoms with Gasteiger partial charge in [0.2, 0.25) is 0 Å². The lowest BCUT2D eigenvalue weighted by molar-refractivity contribution is 0.0950. The third-order valence-corrected chi connectivity index (χ3v) is 2.94. The molecule has 1 aromatic carbocycles. The lowest BCUT2D eigenvalue weighted by atomic mass is 10.1. The number of halogens is 1. The number of carbonyl (C=O) groups is 1. The second kappa shape index (κ2) is 5.63. The van der Waals surface area contributed by atoms with Crippen molar-refractivity contribution >= 4 is 21.8 Å². The fourth-order valence-corrected chi connectivity index (χ4v) is 1.72. The molecule has 0 spiro atoms. The van der Waals surface area contributed by atoms with Crippen molar-refractivity contribution in [1.82, 2.24) is 10.5 Å². The van der Waals surface area contributed by atoms with Gasteiger partial charge in [0, 0.05) is 17.0 Å². The molecule has 0 aliphatic heterocycles. The van der Waals surface area contributed by atoms with E-state index in [0.717, 1.165) is 10.9 Å². The Morgan fingerprint density at radius 2 is 2.06 bits per heavy atom. The molecule has 4 nitrogen and oxygen atoms in total. The highest BCUT2D eigenvalue weighted by Crippen LogP contribution is 2.08. The minimum atomic E-state index is -0.117. The van der Waals surface area contributed by atoms with Gasteiger partial charge in [-0.2, -0.15) is 0 Å². The van der Waals surface area contributed by atoms with Gasteiger partial charge in [-0.25, -0.2) is 0 Å². The van der Waals surface area contributed by atoms with Crippen molar-refractivity contribution in [2.24, 2.45) is 0 Å². The molecule has 1 amide bonds. The molecule has 2 aromatic rings. The Balaban J connectivity index is 1.95. The fourth-order valence-electron chi connectivity index (χ4n) is 1.35. The van der Waals surface area contributed by atoms with Gasteiger partial charge in [0.15, 0.2) is 0 Å². The van der Waals surface area contributed by atoms with E-state index in [-0.39, 0.29) is 5.91 Å². The molecule has 2 rings (SSSR count). The zero-order chi connectivity index (χ0) is 12.1. The van der Waals surface area contributed by atoms with Crippen LogP contribution in [0.15, 0.2) is 41.1 Å². The van der Waals surface area contributed by atoms with Gasteiger partial charge in [-0.3, -0.25) is 4.79 Å². The van der Waals surface area contributed by atoms with E-state index in [0.29, 0.717) is 17.8 Å². The Morgan fingerprint density at radius 1 is 1.29 bits per heavy atom. The van der Waals surface area contributed by atoms with Gasteiger partial charge < -0.3 is 9.84 Å². The van der Waals surface area contributed by atoms with E-state index in [9.17, 15) is 4.79 Å². The minimum Gasteiger partial charge on any atom is -0.364 e. The number of nitrogens with zero attached hydrogens (tertiary/aromatic N) is 1. The maximum atomic E-state index is 11.8. The number of rotatable bonds is 4. The van der Waals surface area contributed by atoms with Crippen molar-refractivity contribution in [3.05, 3.63) is 53.4 Å². The molecule has 1 heterocycles. The zero-order valence-electron chi connectivity index (χ0n) is 9.02. The first-order valence-corrected chi connectivity index (χ1v) is 6.24. The molecule has 1 N–H and O–H groups in total. The highest BCUT2D eigenvalue weighted by atomic mass is 79.9. The number of alkyl halides is 1. The minimum absolute atomic E-state index is 0.117. The second-order valence-electron chi connectivity index (χ2n) is 3.50. The van der Waals surface area contributed by atoms with Crippen LogP contribution < -0.4 is 5.32 Å². The highest BCUT2D eigenvalue weighted by molar-refractivity contribution is 9.08. The highest BCUT2D eigenvalue weighted by Gasteiger charge is 2.05. The Morgan fingerprint density at radius 3 is 2.65 bits per heavy atom. The molecule has 0 atom stereocenters. The fraction of sp³-hybridized carbons (Fsp3) is 0.167. The van der Waals surface area contributed by atoms with E-state index >= 15 is 0 Å². The van der Waals surface area contributed by atoms with Crippen LogP contribution >= 0.6 is 15.9 Å². The number of hydrogen-bond acceptors (Lipinski definition) is 3. The van der Waals surface area contributed by atoms with Crippen molar-refractivity contribution in [1.29, 1.82) is 0 Å². The molecular weight excluding hydrogens is 284 g/mol. The summed E-state index contributed by atoms with van der Waals surface area (Å²) in [6.07, 6.45) is 1.48. The van der Waals surface area contributed by atoms with E-state index in [1.807, 2.05) is 12.1 Å². The van der Waals surface area contributed by atoms with Gasteiger partial charge in [0.05, 0.1) is 6.54 Å². The van der Waals surface area contributed by atoms with E-state index in [1.54, 1.807) is 18.2 Å². The topological polar surface area (TPSA) is 55.1 Å². The van der Waals surface area contributed by atoms with Crippen LogP contribution in [0, 0.1) is 0 Å². The smallest absolute Gasteiger partial charge is 0.251 e. The lowest BCUT2D eigenvalue weighted by Crippen LogP contribution is -2.22. The van der Waals surface area contributed by atoms with Crippen LogP contribution in [0.5, 0.6) is 0 Å². The predicted octanol–water partition coefficient (Wildman–Crippen LogP) is 2.50. The van der Waals surface area contributed by atoms with Gasteiger partial charge >= 0.3 is 0 Å². The number of amides is 1. The van der Waals surface area contributed by atoms with Crippen LogP contribution in [0.1, 0.15) is 21.6 Å². The van der Waals surface area contributed by atoms with Gasteiger partial charge in [-0.05, 0) is 17.7 Å². The molecule has 0 unspecified atom stereocenters. The lowest BCUT2D eigenvalue weighted by Gasteiger charge is -2.03. The molecule has 0 aliphatic carbocycles. The zero-order valence-corrected chi connectivity index (χ0v) is 10.6. The molecule has 0 bridgehead atoms. The van der Waals surface area contributed by atoms with Crippen LogP contribution in [0.4, 0.5) is 0 Å². The Hall–Kier alpha value is -1.62.